The first-order valence-corrected chi connectivity index (χ1v) is 9.38. The molecule has 0 bridgehead atoms. The second-order valence-electron chi connectivity index (χ2n) is 6.67. The molecule has 0 fully saturated rings. The van der Waals surface area contributed by atoms with Crippen molar-refractivity contribution in [3.63, 3.8) is 0 Å². The number of benzene rings is 3. The molecule has 1 aromatic heterocycles. The Kier molecular flexibility index (Phi) is 3.82. The van der Waals surface area contributed by atoms with Crippen LogP contribution in [0.15, 0.2) is 64.2 Å². The average molecular weight is 410 g/mol. The van der Waals surface area contributed by atoms with Gasteiger partial charge in [-0.25, -0.2) is 4.79 Å². The molecule has 4 aromatic rings. The highest BCUT2D eigenvalue weighted by Crippen LogP contribution is 2.47. The number of aromatic nitrogens is 2. The van der Waals surface area contributed by atoms with Crippen molar-refractivity contribution in [1.82, 2.24) is 9.97 Å². The molecule has 0 aliphatic carbocycles. The highest BCUT2D eigenvalue weighted by Gasteiger charge is 2.33. The standard InChI is InChI=1S/C21H13Cl2N3O2/c22-11-6-7-13(14(23)9-11)17-16-12-4-2-1-3-10(12)5-8-15(16)24-19-18(17)20(27)26-21(28)25-19/h1-9,17H,(H3,24,25,26,27,28)/t17-/m1/s1. The number of aromatic amines is 2. The Balaban J connectivity index is 1.93. The van der Waals surface area contributed by atoms with Crippen molar-refractivity contribution < 1.29 is 0 Å². The number of halogens is 2. The molecule has 1 atom stereocenters. The summed E-state index contributed by atoms with van der Waals surface area (Å²) in [4.78, 5) is 29.7. The Morgan fingerprint density at radius 3 is 2.50 bits per heavy atom. The summed E-state index contributed by atoms with van der Waals surface area (Å²) in [6.45, 7) is 0. The fourth-order valence-corrected chi connectivity index (χ4v) is 4.43. The molecular formula is C21H13Cl2N3O2. The number of fused-ring (bicyclic) bond motifs is 4. The largest absolute Gasteiger partial charge is 0.341 e. The van der Waals surface area contributed by atoms with Gasteiger partial charge >= 0.3 is 5.69 Å². The lowest BCUT2D eigenvalue weighted by atomic mass is 9.80. The van der Waals surface area contributed by atoms with Gasteiger partial charge in [0.25, 0.3) is 5.56 Å². The van der Waals surface area contributed by atoms with Crippen molar-refractivity contribution in [3.8, 4) is 0 Å². The van der Waals surface area contributed by atoms with Crippen molar-refractivity contribution in [3.05, 3.63) is 102 Å². The molecule has 0 saturated heterocycles. The van der Waals surface area contributed by atoms with Gasteiger partial charge in [0, 0.05) is 21.7 Å². The quantitative estimate of drug-likeness (QED) is 0.373. The third-order valence-corrected chi connectivity index (χ3v) is 5.62. The lowest BCUT2D eigenvalue weighted by molar-refractivity contribution is 0.893. The molecule has 7 heteroatoms. The van der Waals surface area contributed by atoms with Gasteiger partial charge in [-0.2, -0.15) is 0 Å². The maximum absolute atomic E-state index is 12.8. The Morgan fingerprint density at radius 1 is 0.857 bits per heavy atom. The van der Waals surface area contributed by atoms with Crippen LogP contribution in [0.25, 0.3) is 10.8 Å². The van der Waals surface area contributed by atoms with Crippen LogP contribution in [0.4, 0.5) is 11.5 Å². The van der Waals surface area contributed by atoms with Crippen LogP contribution in [-0.4, -0.2) is 9.97 Å². The van der Waals surface area contributed by atoms with Gasteiger partial charge in [-0.1, -0.05) is 59.6 Å². The molecule has 0 radical (unpaired) electrons. The van der Waals surface area contributed by atoms with Gasteiger partial charge in [-0.3, -0.25) is 14.8 Å². The maximum Gasteiger partial charge on any atom is 0.327 e. The van der Waals surface area contributed by atoms with E-state index in [4.69, 9.17) is 23.2 Å². The van der Waals surface area contributed by atoms with Crippen LogP contribution in [0.2, 0.25) is 10.0 Å². The summed E-state index contributed by atoms with van der Waals surface area (Å²) in [7, 11) is 0. The van der Waals surface area contributed by atoms with Crippen LogP contribution < -0.4 is 16.6 Å². The fourth-order valence-electron chi connectivity index (χ4n) is 3.91. The lowest BCUT2D eigenvalue weighted by Gasteiger charge is -2.30. The molecule has 1 aliphatic rings. The normalized spacial score (nSPS) is 15.0. The van der Waals surface area contributed by atoms with Crippen LogP contribution in [0.5, 0.6) is 0 Å². The van der Waals surface area contributed by atoms with Crippen molar-refractivity contribution in [2.24, 2.45) is 0 Å². The second kappa shape index (κ2) is 6.26. The number of rotatable bonds is 1. The molecule has 0 saturated carbocycles. The van der Waals surface area contributed by atoms with E-state index in [9.17, 15) is 9.59 Å². The Hall–Kier alpha value is -3.02. The molecule has 5 nitrogen and oxygen atoms in total. The summed E-state index contributed by atoms with van der Waals surface area (Å²) >= 11 is 12.6. The Morgan fingerprint density at radius 2 is 1.68 bits per heavy atom. The van der Waals surface area contributed by atoms with Gasteiger partial charge in [0.2, 0.25) is 0 Å². The first kappa shape index (κ1) is 17.1. The first-order valence-electron chi connectivity index (χ1n) is 8.63. The van der Waals surface area contributed by atoms with E-state index in [0.717, 1.165) is 27.6 Å². The van der Waals surface area contributed by atoms with Crippen molar-refractivity contribution in [1.29, 1.82) is 0 Å². The van der Waals surface area contributed by atoms with Gasteiger partial charge in [0.15, 0.2) is 0 Å². The average Bonchev–Trinajstić information content (AvgIpc) is 2.66. The second-order valence-corrected chi connectivity index (χ2v) is 7.51. The van der Waals surface area contributed by atoms with E-state index in [-0.39, 0.29) is 0 Å². The van der Waals surface area contributed by atoms with E-state index in [1.807, 2.05) is 42.5 Å². The molecule has 0 amide bonds. The highest BCUT2D eigenvalue weighted by atomic mass is 35.5. The first-order chi connectivity index (χ1) is 13.5. The number of hydrogen-bond acceptors (Lipinski definition) is 3. The zero-order chi connectivity index (χ0) is 19.4. The zero-order valence-corrected chi connectivity index (χ0v) is 15.9. The lowest BCUT2D eigenvalue weighted by Crippen LogP contribution is -2.32. The molecule has 3 N–H and O–H groups in total. The minimum absolute atomic E-state index is 0.368. The van der Waals surface area contributed by atoms with Crippen LogP contribution in [0.1, 0.15) is 22.6 Å². The molecule has 28 heavy (non-hydrogen) atoms. The topological polar surface area (TPSA) is 77.8 Å². The van der Waals surface area contributed by atoms with E-state index in [1.165, 1.54) is 0 Å². The Labute approximate surface area is 169 Å². The van der Waals surface area contributed by atoms with E-state index in [2.05, 4.69) is 15.3 Å². The summed E-state index contributed by atoms with van der Waals surface area (Å²) < 4.78 is 0. The summed E-state index contributed by atoms with van der Waals surface area (Å²) in [6, 6.07) is 17.1. The van der Waals surface area contributed by atoms with E-state index >= 15 is 0 Å². The third kappa shape index (κ3) is 2.55. The van der Waals surface area contributed by atoms with Gasteiger partial charge in [0.1, 0.15) is 5.82 Å². The molecule has 0 spiro atoms. The van der Waals surface area contributed by atoms with E-state index < -0.39 is 17.2 Å². The van der Waals surface area contributed by atoms with Gasteiger partial charge in [-0.05, 0) is 40.1 Å². The molecular weight excluding hydrogens is 397 g/mol. The summed E-state index contributed by atoms with van der Waals surface area (Å²) in [5.74, 6) is -0.102. The van der Waals surface area contributed by atoms with Crippen molar-refractivity contribution in [2.75, 3.05) is 5.32 Å². The Bertz CT molecular complexity index is 1370. The van der Waals surface area contributed by atoms with Gasteiger partial charge < -0.3 is 5.32 Å². The van der Waals surface area contributed by atoms with Crippen LogP contribution in [0, 0.1) is 0 Å². The molecule has 0 unspecified atom stereocenters. The molecule has 2 heterocycles. The SMILES string of the molecule is O=c1[nH]c2c(c(=O)[nH]1)[C@H](c1ccc(Cl)cc1Cl)c1c(ccc3ccccc13)N2. The minimum atomic E-state index is -0.568. The zero-order valence-electron chi connectivity index (χ0n) is 14.3. The number of nitrogens with one attached hydrogen (secondary N) is 3. The van der Waals surface area contributed by atoms with E-state index in [1.54, 1.807) is 12.1 Å². The summed E-state index contributed by atoms with van der Waals surface area (Å²) in [6.07, 6.45) is 0. The number of H-pyrrole nitrogens is 2. The number of anilines is 2. The van der Waals surface area contributed by atoms with Crippen molar-refractivity contribution in [2.45, 2.75) is 5.92 Å². The van der Waals surface area contributed by atoms with Crippen molar-refractivity contribution >= 4 is 45.5 Å². The number of hydrogen-bond donors (Lipinski definition) is 3. The summed E-state index contributed by atoms with van der Waals surface area (Å²) in [5, 5.41) is 6.21. The minimum Gasteiger partial charge on any atom is -0.341 e. The maximum atomic E-state index is 12.8. The molecule has 1 aliphatic heterocycles. The predicted molar refractivity (Wildman–Crippen MR) is 112 cm³/mol. The van der Waals surface area contributed by atoms with Crippen LogP contribution >= 0.6 is 23.2 Å². The molecule has 5 rings (SSSR count). The highest BCUT2D eigenvalue weighted by molar-refractivity contribution is 6.35. The van der Waals surface area contributed by atoms with Crippen LogP contribution in [0.3, 0.4) is 0 Å². The molecule has 3 aromatic carbocycles. The van der Waals surface area contributed by atoms with E-state index in [0.29, 0.717) is 21.4 Å². The smallest absolute Gasteiger partial charge is 0.327 e. The predicted octanol–water partition coefficient (Wildman–Crippen LogP) is 4.76. The fraction of sp³-hybridized carbons (Fsp3) is 0.0476. The van der Waals surface area contributed by atoms with Crippen LogP contribution in [-0.2, 0) is 0 Å². The van der Waals surface area contributed by atoms with Gasteiger partial charge in [0.05, 0.1) is 5.56 Å². The third-order valence-electron chi connectivity index (χ3n) is 5.06. The molecule has 138 valence electrons. The monoisotopic (exact) mass is 409 g/mol. The summed E-state index contributed by atoms with van der Waals surface area (Å²) in [5.41, 5.74) is 1.86. The van der Waals surface area contributed by atoms with Gasteiger partial charge in [-0.15, -0.1) is 0 Å².